The molecule has 10 heteroatoms. The Balaban J connectivity index is 0.00000193. The number of carbonyl (C=O) groups excluding carboxylic acids is 2. The van der Waals surface area contributed by atoms with Crippen molar-refractivity contribution in [2.24, 2.45) is 22.7 Å². The molecule has 4 N–H and O–H groups in total. The largest absolute Gasteiger partial charge is 0.459 e. The van der Waals surface area contributed by atoms with Gasteiger partial charge in [0.15, 0.2) is 5.78 Å². The molecule has 0 amide bonds. The Morgan fingerprint density at radius 3 is 2.21 bits per heavy atom. The van der Waals surface area contributed by atoms with E-state index in [4.69, 9.17) is 9.47 Å². The van der Waals surface area contributed by atoms with Crippen molar-refractivity contribution >= 4 is 11.8 Å². The Kier molecular flexibility index (Phi) is 9.05. The summed E-state index contributed by atoms with van der Waals surface area (Å²) in [5.41, 5.74) is -5.18. The minimum atomic E-state index is -1.84. The monoisotopic (exact) mass is 892 g/mol. The van der Waals surface area contributed by atoms with Crippen LogP contribution in [0.15, 0.2) is 11.1 Å². The maximum absolute atomic E-state index is 13.9. The predicted molar refractivity (Wildman–Crippen MR) is 109 cm³/mol. The van der Waals surface area contributed by atoms with Crippen molar-refractivity contribution in [3.05, 3.63) is 11.1 Å². The quantitative estimate of drug-likeness (QED) is 0.221. The fourth-order valence-corrected chi connectivity index (χ4v) is 6.98. The molecule has 1 unspecified atom stereocenters. The zero-order chi connectivity index (χ0) is 23.3. The maximum atomic E-state index is 13.9. The van der Waals surface area contributed by atoms with Gasteiger partial charge in [-0.1, -0.05) is 27.7 Å². The van der Waals surface area contributed by atoms with Crippen LogP contribution in [0.4, 0.5) is 0 Å². The SMILES string of the molecule is CC(=O)O[C@H]1C2[C@]3(O)CO[C@@H]3C[C@H](C)[C@@]2(C)C(=O)[C@H](O)C2=C(C)[C@@H](O)C[C@]1(O)C2(C)C.[Ac].[Ac]. The van der Waals surface area contributed by atoms with E-state index in [1.54, 1.807) is 27.7 Å². The first kappa shape index (κ1) is 30.8. The molecule has 9 atom stereocenters. The number of ether oxygens (including phenoxy) is 2. The van der Waals surface area contributed by atoms with Crippen LogP contribution in [0.5, 0.6) is 0 Å². The molecular formula is C23H34Ac2O8. The van der Waals surface area contributed by atoms with E-state index < -0.39 is 64.1 Å². The van der Waals surface area contributed by atoms with Crippen molar-refractivity contribution in [3.63, 3.8) is 0 Å². The van der Waals surface area contributed by atoms with Crippen LogP contribution in [-0.4, -0.2) is 74.4 Å². The smallest absolute Gasteiger partial charge is 0.303 e. The molecule has 3 fully saturated rings. The topological polar surface area (TPSA) is 134 Å². The Bertz CT molecular complexity index is 875. The summed E-state index contributed by atoms with van der Waals surface area (Å²) in [5.74, 6) is -2.50. The number of fused-ring (bicyclic) bond motifs is 5. The summed E-state index contributed by atoms with van der Waals surface area (Å²) in [5, 5.41) is 46.0. The Hall–Kier alpha value is 1.56. The van der Waals surface area contributed by atoms with Crippen molar-refractivity contribution in [2.45, 2.75) is 90.0 Å². The Morgan fingerprint density at radius 2 is 1.73 bits per heavy atom. The maximum Gasteiger partial charge on any atom is 0.303 e. The van der Waals surface area contributed by atoms with Crippen LogP contribution in [0.3, 0.4) is 0 Å². The van der Waals surface area contributed by atoms with E-state index in [-0.39, 0.29) is 113 Å². The fraction of sp³-hybridized carbons (Fsp3) is 0.826. The van der Waals surface area contributed by atoms with Gasteiger partial charge in [0.2, 0.25) is 0 Å². The van der Waals surface area contributed by atoms with Gasteiger partial charge < -0.3 is 29.9 Å². The van der Waals surface area contributed by atoms with Crippen LogP contribution in [0.1, 0.15) is 54.4 Å². The van der Waals surface area contributed by atoms with Crippen LogP contribution in [0, 0.1) is 111 Å². The van der Waals surface area contributed by atoms with Crippen LogP contribution in [0.25, 0.3) is 0 Å². The second kappa shape index (κ2) is 9.70. The Labute approximate surface area is 266 Å². The average molecular weight is 893 g/mol. The van der Waals surface area contributed by atoms with Crippen LogP contribution in [-0.2, 0) is 19.1 Å². The molecule has 33 heavy (non-hydrogen) atoms. The number of carbonyl (C=O) groups is 2. The summed E-state index contributed by atoms with van der Waals surface area (Å²) in [6.45, 7) is 9.69. The van der Waals surface area contributed by atoms with E-state index in [9.17, 15) is 30.0 Å². The van der Waals surface area contributed by atoms with Crippen molar-refractivity contribution in [3.8, 4) is 0 Å². The van der Waals surface area contributed by atoms with Crippen molar-refractivity contribution in [1.82, 2.24) is 0 Å². The zero-order valence-electron chi connectivity index (χ0n) is 20.2. The van der Waals surface area contributed by atoms with E-state index >= 15 is 0 Å². The van der Waals surface area contributed by atoms with E-state index in [2.05, 4.69) is 0 Å². The predicted octanol–water partition coefficient (Wildman–Crippen LogP) is 0.492. The molecule has 4 rings (SSSR count). The van der Waals surface area contributed by atoms with Gasteiger partial charge in [-0.15, -0.1) is 0 Å². The molecule has 0 aromatic carbocycles. The van der Waals surface area contributed by atoms with Crippen molar-refractivity contribution < 1.29 is 128 Å². The molecule has 1 aliphatic heterocycles. The molecular weight excluding hydrogens is 858 g/mol. The molecule has 4 aliphatic rings. The minimum Gasteiger partial charge on any atom is -0.459 e. The van der Waals surface area contributed by atoms with Gasteiger partial charge in [0.25, 0.3) is 0 Å². The zero-order valence-corrected chi connectivity index (χ0v) is 29.7. The van der Waals surface area contributed by atoms with Gasteiger partial charge in [-0.3, -0.25) is 9.59 Å². The van der Waals surface area contributed by atoms with Gasteiger partial charge in [0, 0.05) is 118 Å². The van der Waals surface area contributed by atoms with Gasteiger partial charge in [0.05, 0.1) is 18.8 Å². The number of Topliss-reactive ketones (excluding diaryl/α,β-unsaturated/α-hetero) is 1. The molecule has 1 heterocycles. The molecule has 3 aliphatic carbocycles. The number of aliphatic hydroxyl groups excluding tert-OH is 2. The van der Waals surface area contributed by atoms with E-state index in [1.165, 1.54) is 6.92 Å². The summed E-state index contributed by atoms with van der Waals surface area (Å²) in [7, 11) is 0. The van der Waals surface area contributed by atoms with Gasteiger partial charge in [-0.2, -0.15) is 0 Å². The first-order valence-corrected chi connectivity index (χ1v) is 11.0. The first-order valence-electron chi connectivity index (χ1n) is 11.0. The minimum absolute atomic E-state index is 0. The van der Waals surface area contributed by atoms with Crippen LogP contribution in [0.2, 0.25) is 0 Å². The number of hydrogen-bond donors (Lipinski definition) is 4. The Morgan fingerprint density at radius 1 is 1.15 bits per heavy atom. The third-order valence-electron chi connectivity index (χ3n) is 9.15. The van der Waals surface area contributed by atoms with E-state index in [0.29, 0.717) is 12.0 Å². The normalized spacial score (nSPS) is 48.0. The number of rotatable bonds is 1. The summed E-state index contributed by atoms with van der Waals surface area (Å²) < 4.78 is 11.4. The van der Waals surface area contributed by atoms with E-state index in [1.807, 2.05) is 6.92 Å². The van der Waals surface area contributed by atoms with Gasteiger partial charge in [-0.05, 0) is 30.4 Å². The standard InChI is InChI=1S/C23H34O8.2Ac/c1-10-7-14-22(28,9-30-14)17-19(31-12(3)24)23(29)8-13(25)11(2)15(20(23,4)5)16(26)18(27)21(10,17)6;;/h10,13-14,16-17,19,25-26,28-29H,7-9H2,1-6H3;;/t10-,13-,14+,16+,17?,19-,21+,22-,23+;;/m0../s1. The average Bonchev–Trinajstić information content (AvgIpc) is 2.66. The summed E-state index contributed by atoms with van der Waals surface area (Å²) in [6, 6.07) is 0. The summed E-state index contributed by atoms with van der Waals surface area (Å²) in [4.78, 5) is 26.2. The van der Waals surface area contributed by atoms with Gasteiger partial charge in [0.1, 0.15) is 23.4 Å². The van der Waals surface area contributed by atoms with Crippen LogP contribution < -0.4 is 0 Å². The second-order valence-electron chi connectivity index (χ2n) is 10.9. The van der Waals surface area contributed by atoms with E-state index in [0.717, 1.165) is 0 Å². The van der Waals surface area contributed by atoms with Crippen molar-refractivity contribution in [2.75, 3.05) is 6.61 Å². The number of aliphatic hydroxyl groups is 4. The molecule has 8 nitrogen and oxygen atoms in total. The van der Waals surface area contributed by atoms with Crippen molar-refractivity contribution in [1.29, 1.82) is 0 Å². The molecule has 0 spiro atoms. The number of ketones is 1. The molecule has 2 radical (unpaired) electrons. The third kappa shape index (κ3) is 3.99. The fourth-order valence-electron chi connectivity index (χ4n) is 6.98. The number of hydrogen-bond acceptors (Lipinski definition) is 8. The summed E-state index contributed by atoms with van der Waals surface area (Å²) in [6.07, 6.45) is -4.32. The molecule has 1 saturated heterocycles. The van der Waals surface area contributed by atoms with Crippen LogP contribution >= 0.6 is 0 Å². The first-order chi connectivity index (χ1) is 14.1. The third-order valence-corrected chi connectivity index (χ3v) is 9.15. The van der Waals surface area contributed by atoms with Gasteiger partial charge >= 0.3 is 5.97 Å². The van der Waals surface area contributed by atoms with Gasteiger partial charge in [-0.25, -0.2) is 0 Å². The summed E-state index contributed by atoms with van der Waals surface area (Å²) >= 11 is 0. The molecule has 0 aromatic rings. The number of esters is 1. The molecule has 0 aromatic heterocycles. The second-order valence-corrected chi connectivity index (χ2v) is 10.9. The molecule has 2 bridgehead atoms. The molecule has 180 valence electrons. The molecule has 2 saturated carbocycles.